The molecule has 0 aromatic rings. The summed E-state index contributed by atoms with van der Waals surface area (Å²) in [6.07, 6.45) is 3.12. The molecule has 0 saturated heterocycles. The quantitative estimate of drug-likeness (QED) is 0.565. The fourth-order valence-electron chi connectivity index (χ4n) is 1.50. The van der Waals surface area contributed by atoms with Crippen molar-refractivity contribution >= 4 is 0 Å². The van der Waals surface area contributed by atoms with Crippen LogP contribution in [0.1, 0.15) is 13.3 Å². The summed E-state index contributed by atoms with van der Waals surface area (Å²) in [5.74, 6) is 0.752. The Morgan fingerprint density at radius 2 is 2.20 bits per heavy atom. The minimum atomic E-state index is 0.113. The molecule has 1 aliphatic rings. The lowest BCUT2D eigenvalue weighted by atomic mass is 9.74. The van der Waals surface area contributed by atoms with Crippen LogP contribution in [0.5, 0.6) is 0 Å². The van der Waals surface area contributed by atoms with Gasteiger partial charge in [0.25, 0.3) is 0 Å². The summed E-state index contributed by atoms with van der Waals surface area (Å²) >= 11 is 0. The molecule has 0 heterocycles. The summed E-state index contributed by atoms with van der Waals surface area (Å²) in [4.78, 5) is 0. The van der Waals surface area contributed by atoms with E-state index in [-0.39, 0.29) is 19.1 Å². The lowest BCUT2D eigenvalue weighted by molar-refractivity contribution is 0.175. The van der Waals surface area contributed by atoms with E-state index in [1.807, 2.05) is 0 Å². The molecule has 0 amide bonds. The molecule has 0 aliphatic heterocycles. The van der Waals surface area contributed by atoms with Crippen LogP contribution in [0.15, 0.2) is 11.6 Å². The lowest BCUT2D eigenvalue weighted by Gasteiger charge is -2.33. The first-order valence-corrected chi connectivity index (χ1v) is 3.75. The van der Waals surface area contributed by atoms with Crippen molar-refractivity contribution in [1.82, 2.24) is 0 Å². The van der Waals surface area contributed by atoms with Crippen molar-refractivity contribution in [3.05, 3.63) is 11.6 Å². The van der Waals surface area contributed by atoms with Crippen LogP contribution in [0.25, 0.3) is 0 Å². The molecule has 1 rings (SSSR count). The molecule has 58 valence electrons. The molecule has 0 saturated carbocycles. The highest BCUT2D eigenvalue weighted by Gasteiger charge is 2.29. The van der Waals surface area contributed by atoms with Crippen LogP contribution in [-0.2, 0) is 0 Å². The van der Waals surface area contributed by atoms with Crippen LogP contribution < -0.4 is 0 Å². The first-order chi connectivity index (χ1) is 4.83. The first kappa shape index (κ1) is 7.76. The van der Waals surface area contributed by atoms with Crippen LogP contribution in [0.3, 0.4) is 0 Å². The van der Waals surface area contributed by atoms with Crippen molar-refractivity contribution in [3.63, 3.8) is 0 Å². The maximum absolute atomic E-state index is 8.84. The fourth-order valence-corrected chi connectivity index (χ4v) is 1.50. The Kier molecular flexibility index (Phi) is 2.46. The predicted octanol–water partition coefficient (Wildman–Crippen LogP) is 0.553. The zero-order valence-electron chi connectivity index (χ0n) is 6.25. The minimum Gasteiger partial charge on any atom is -0.396 e. The normalized spacial score (nSPS) is 31.3. The highest BCUT2D eigenvalue weighted by Crippen LogP contribution is 2.34. The molecule has 0 spiro atoms. The van der Waals surface area contributed by atoms with E-state index in [1.165, 1.54) is 0 Å². The topological polar surface area (TPSA) is 40.5 Å². The third-order valence-corrected chi connectivity index (χ3v) is 2.27. The lowest BCUT2D eigenvalue weighted by Crippen LogP contribution is -2.29. The Balaban J connectivity index is 2.48. The molecule has 0 bridgehead atoms. The number of hydrogen-bond acceptors (Lipinski definition) is 2. The van der Waals surface area contributed by atoms with Gasteiger partial charge in [-0.1, -0.05) is 13.0 Å². The van der Waals surface area contributed by atoms with E-state index in [9.17, 15) is 0 Å². The van der Waals surface area contributed by atoms with Gasteiger partial charge >= 0.3 is 0 Å². The molecule has 2 N–H and O–H groups in total. The Hall–Kier alpha value is -0.340. The maximum atomic E-state index is 8.84. The summed E-state index contributed by atoms with van der Waals surface area (Å²) in [6.45, 7) is 2.39. The second-order valence-corrected chi connectivity index (χ2v) is 2.76. The van der Waals surface area contributed by atoms with E-state index in [1.54, 1.807) is 0 Å². The SMILES string of the molecule is CCC1C=C(CO)C1CO. The molecule has 10 heavy (non-hydrogen) atoms. The van der Waals surface area contributed by atoms with Gasteiger partial charge in [-0.05, 0) is 17.9 Å². The summed E-state index contributed by atoms with van der Waals surface area (Å²) in [6, 6.07) is 0. The van der Waals surface area contributed by atoms with E-state index in [4.69, 9.17) is 10.2 Å². The van der Waals surface area contributed by atoms with Crippen molar-refractivity contribution in [2.24, 2.45) is 11.8 Å². The van der Waals surface area contributed by atoms with Gasteiger partial charge in [0.05, 0.1) is 13.2 Å². The average molecular weight is 142 g/mol. The van der Waals surface area contributed by atoms with Crippen molar-refractivity contribution in [2.45, 2.75) is 13.3 Å². The van der Waals surface area contributed by atoms with Gasteiger partial charge in [-0.15, -0.1) is 0 Å². The molecular formula is C8H14O2. The molecule has 0 aromatic heterocycles. The second-order valence-electron chi connectivity index (χ2n) is 2.76. The summed E-state index contributed by atoms with van der Waals surface area (Å²) in [5.41, 5.74) is 1.01. The van der Waals surface area contributed by atoms with Gasteiger partial charge in [0.1, 0.15) is 0 Å². The van der Waals surface area contributed by atoms with E-state index in [2.05, 4.69) is 13.0 Å². The number of rotatable bonds is 3. The highest BCUT2D eigenvalue weighted by atomic mass is 16.3. The maximum Gasteiger partial charge on any atom is 0.0645 e. The van der Waals surface area contributed by atoms with Gasteiger partial charge in [-0.2, -0.15) is 0 Å². The van der Waals surface area contributed by atoms with Crippen molar-refractivity contribution < 1.29 is 10.2 Å². The molecule has 2 atom stereocenters. The van der Waals surface area contributed by atoms with Crippen LogP contribution in [0, 0.1) is 11.8 Å². The monoisotopic (exact) mass is 142 g/mol. The fraction of sp³-hybridized carbons (Fsp3) is 0.750. The Morgan fingerprint density at radius 1 is 1.50 bits per heavy atom. The third kappa shape index (κ3) is 1.09. The van der Waals surface area contributed by atoms with Crippen LogP contribution >= 0.6 is 0 Å². The van der Waals surface area contributed by atoms with Gasteiger partial charge in [0.2, 0.25) is 0 Å². The van der Waals surface area contributed by atoms with E-state index in [0.29, 0.717) is 5.92 Å². The van der Waals surface area contributed by atoms with Gasteiger partial charge in [0, 0.05) is 5.92 Å². The standard InChI is InChI=1S/C8H14O2/c1-2-6-3-7(4-9)8(6)5-10/h3,6,8-10H,2,4-5H2,1H3. The largest absolute Gasteiger partial charge is 0.396 e. The molecule has 2 heteroatoms. The van der Waals surface area contributed by atoms with Crippen molar-refractivity contribution in [2.75, 3.05) is 13.2 Å². The van der Waals surface area contributed by atoms with Gasteiger partial charge in [0.15, 0.2) is 0 Å². The van der Waals surface area contributed by atoms with Crippen LogP contribution in [-0.4, -0.2) is 23.4 Å². The zero-order valence-corrected chi connectivity index (χ0v) is 6.25. The Bertz CT molecular complexity index is 140. The molecule has 1 aliphatic carbocycles. The number of hydrogen-bond donors (Lipinski definition) is 2. The van der Waals surface area contributed by atoms with Crippen LogP contribution in [0.4, 0.5) is 0 Å². The van der Waals surface area contributed by atoms with Crippen molar-refractivity contribution in [1.29, 1.82) is 0 Å². The van der Waals surface area contributed by atoms with E-state index in [0.717, 1.165) is 12.0 Å². The van der Waals surface area contributed by atoms with Gasteiger partial charge in [-0.25, -0.2) is 0 Å². The first-order valence-electron chi connectivity index (χ1n) is 3.75. The van der Waals surface area contributed by atoms with E-state index >= 15 is 0 Å². The molecule has 0 aromatic carbocycles. The Morgan fingerprint density at radius 3 is 2.60 bits per heavy atom. The summed E-state index contributed by atoms with van der Waals surface area (Å²) in [5, 5.41) is 17.6. The van der Waals surface area contributed by atoms with Gasteiger partial charge < -0.3 is 10.2 Å². The number of aliphatic hydroxyl groups is 2. The van der Waals surface area contributed by atoms with Crippen molar-refractivity contribution in [3.8, 4) is 0 Å². The Labute approximate surface area is 61.2 Å². The highest BCUT2D eigenvalue weighted by molar-refractivity contribution is 5.22. The van der Waals surface area contributed by atoms with E-state index < -0.39 is 0 Å². The number of aliphatic hydroxyl groups excluding tert-OH is 2. The van der Waals surface area contributed by atoms with Crippen LogP contribution in [0.2, 0.25) is 0 Å². The molecule has 2 unspecified atom stereocenters. The second kappa shape index (κ2) is 3.17. The molecule has 2 nitrogen and oxygen atoms in total. The smallest absolute Gasteiger partial charge is 0.0645 e. The third-order valence-electron chi connectivity index (χ3n) is 2.27. The molecule has 0 radical (unpaired) electrons. The summed E-state index contributed by atoms with van der Waals surface area (Å²) in [7, 11) is 0. The predicted molar refractivity (Wildman–Crippen MR) is 39.5 cm³/mol. The molecular weight excluding hydrogens is 128 g/mol. The molecule has 0 fully saturated rings. The van der Waals surface area contributed by atoms with Gasteiger partial charge in [-0.3, -0.25) is 0 Å². The zero-order chi connectivity index (χ0) is 7.56. The minimum absolute atomic E-state index is 0.113. The summed E-state index contributed by atoms with van der Waals surface area (Å²) < 4.78 is 0. The number of allylic oxidation sites excluding steroid dienone is 1. The average Bonchev–Trinajstić information content (AvgIpc) is 1.89.